The Morgan fingerprint density at radius 3 is 2.88 bits per heavy atom. The minimum absolute atomic E-state index is 0.183. The van der Waals surface area contributed by atoms with Gasteiger partial charge in [-0.1, -0.05) is 34.1 Å². The highest BCUT2D eigenvalue weighted by molar-refractivity contribution is 9.10. The lowest BCUT2D eigenvalue weighted by Crippen LogP contribution is -2.27. The van der Waals surface area contributed by atoms with Crippen LogP contribution in [0.4, 0.5) is 0 Å². The summed E-state index contributed by atoms with van der Waals surface area (Å²) < 4.78 is 5.87. The van der Waals surface area contributed by atoms with Gasteiger partial charge in [0.25, 0.3) is 0 Å². The molecule has 1 aromatic rings. The van der Waals surface area contributed by atoms with Crippen molar-refractivity contribution in [1.29, 1.82) is 0 Å². The Morgan fingerprint density at radius 2 is 2.19 bits per heavy atom. The molecule has 0 aliphatic heterocycles. The van der Waals surface area contributed by atoms with Crippen LogP contribution < -0.4 is 5.32 Å². The van der Waals surface area contributed by atoms with E-state index in [0.29, 0.717) is 26.1 Å². The monoisotopic (exact) mass is 285 g/mol. The summed E-state index contributed by atoms with van der Waals surface area (Å²) in [6.45, 7) is 1.73. The molecule has 1 rings (SSSR count). The van der Waals surface area contributed by atoms with Crippen LogP contribution in [0.15, 0.2) is 28.7 Å². The summed E-state index contributed by atoms with van der Waals surface area (Å²) in [7, 11) is 1.64. The highest BCUT2D eigenvalue weighted by Crippen LogP contribution is 2.16. The van der Waals surface area contributed by atoms with E-state index in [1.807, 2.05) is 24.3 Å². The van der Waals surface area contributed by atoms with Crippen molar-refractivity contribution in [3.63, 3.8) is 0 Å². The topological polar surface area (TPSA) is 38.3 Å². The van der Waals surface area contributed by atoms with Gasteiger partial charge in [-0.05, 0) is 11.6 Å². The van der Waals surface area contributed by atoms with Gasteiger partial charge < -0.3 is 10.1 Å². The Kier molecular flexibility index (Phi) is 6.30. The van der Waals surface area contributed by atoms with E-state index in [9.17, 15) is 4.79 Å². The summed E-state index contributed by atoms with van der Waals surface area (Å²) in [6.07, 6.45) is 0.460. The van der Waals surface area contributed by atoms with Crippen molar-refractivity contribution in [2.24, 2.45) is 0 Å². The standard InChI is InChI=1S/C12H16BrNO2/c1-16-7-6-14-9-11(15)8-10-4-2-3-5-12(10)13/h2-5,14H,6-9H2,1H3. The van der Waals surface area contributed by atoms with Crippen LogP contribution in [0.1, 0.15) is 5.56 Å². The number of ether oxygens (including phenoxy) is 1. The van der Waals surface area contributed by atoms with Gasteiger partial charge in [-0.15, -0.1) is 0 Å². The Balaban J connectivity index is 2.32. The summed E-state index contributed by atoms with van der Waals surface area (Å²) in [5.41, 5.74) is 1.03. The number of ketones is 1. The molecule has 1 N–H and O–H groups in total. The van der Waals surface area contributed by atoms with E-state index in [-0.39, 0.29) is 5.78 Å². The number of nitrogens with one attached hydrogen (secondary N) is 1. The number of carbonyl (C=O) groups is 1. The average molecular weight is 286 g/mol. The lowest BCUT2D eigenvalue weighted by atomic mass is 10.1. The largest absolute Gasteiger partial charge is 0.383 e. The molecule has 1 aromatic carbocycles. The number of benzene rings is 1. The number of Topliss-reactive ketones (excluding diaryl/α,β-unsaturated/α-hetero) is 1. The van der Waals surface area contributed by atoms with E-state index in [0.717, 1.165) is 10.0 Å². The minimum atomic E-state index is 0.183. The van der Waals surface area contributed by atoms with Gasteiger partial charge in [-0.2, -0.15) is 0 Å². The molecule has 0 fully saturated rings. The molecular weight excluding hydrogens is 270 g/mol. The van der Waals surface area contributed by atoms with Crippen LogP contribution in [0.5, 0.6) is 0 Å². The number of halogens is 1. The second-order valence-electron chi connectivity index (χ2n) is 3.48. The molecule has 0 aliphatic carbocycles. The molecule has 0 unspecified atom stereocenters. The van der Waals surface area contributed by atoms with Crippen LogP contribution in [0.25, 0.3) is 0 Å². The van der Waals surface area contributed by atoms with Gasteiger partial charge in [0.2, 0.25) is 0 Å². The number of carbonyl (C=O) groups excluding carboxylic acids is 1. The van der Waals surface area contributed by atoms with E-state index in [1.54, 1.807) is 7.11 Å². The number of rotatable bonds is 7. The van der Waals surface area contributed by atoms with Gasteiger partial charge in [0.1, 0.15) is 0 Å². The molecule has 0 aromatic heterocycles. The number of hydrogen-bond donors (Lipinski definition) is 1. The fraction of sp³-hybridized carbons (Fsp3) is 0.417. The SMILES string of the molecule is COCCNCC(=O)Cc1ccccc1Br. The third-order valence-corrected chi connectivity index (χ3v) is 2.92. The first kappa shape index (κ1) is 13.4. The van der Waals surface area contributed by atoms with Crippen molar-refractivity contribution in [1.82, 2.24) is 5.32 Å². The van der Waals surface area contributed by atoms with Crippen LogP contribution in [0.2, 0.25) is 0 Å². The van der Waals surface area contributed by atoms with Gasteiger partial charge in [0, 0.05) is 24.5 Å². The van der Waals surface area contributed by atoms with Crippen molar-refractivity contribution in [2.75, 3.05) is 26.8 Å². The molecule has 88 valence electrons. The van der Waals surface area contributed by atoms with Crippen molar-refractivity contribution in [3.05, 3.63) is 34.3 Å². The second kappa shape index (κ2) is 7.54. The molecular formula is C12H16BrNO2. The first-order valence-corrected chi connectivity index (χ1v) is 5.98. The van der Waals surface area contributed by atoms with E-state index in [4.69, 9.17) is 4.74 Å². The zero-order chi connectivity index (χ0) is 11.8. The van der Waals surface area contributed by atoms with Gasteiger partial charge in [-0.3, -0.25) is 4.79 Å². The Morgan fingerprint density at radius 1 is 1.44 bits per heavy atom. The van der Waals surface area contributed by atoms with E-state index < -0.39 is 0 Å². The van der Waals surface area contributed by atoms with Crippen LogP contribution in [-0.2, 0) is 16.0 Å². The van der Waals surface area contributed by atoms with E-state index >= 15 is 0 Å². The molecule has 0 bridgehead atoms. The summed E-state index contributed by atoms with van der Waals surface area (Å²) in [6, 6.07) is 7.78. The molecule has 0 saturated carbocycles. The molecule has 0 atom stereocenters. The van der Waals surface area contributed by atoms with Crippen LogP contribution in [0.3, 0.4) is 0 Å². The highest BCUT2D eigenvalue weighted by Gasteiger charge is 2.05. The lowest BCUT2D eigenvalue weighted by molar-refractivity contribution is -0.117. The van der Waals surface area contributed by atoms with Gasteiger partial charge in [0.05, 0.1) is 13.2 Å². The molecule has 0 aliphatic rings. The Labute approximate surface area is 104 Å². The molecule has 0 spiro atoms. The summed E-state index contributed by atoms with van der Waals surface area (Å²) in [5, 5.41) is 3.04. The fourth-order valence-corrected chi connectivity index (χ4v) is 1.74. The van der Waals surface area contributed by atoms with Crippen LogP contribution in [-0.4, -0.2) is 32.6 Å². The predicted octanol–water partition coefficient (Wildman–Crippen LogP) is 1.80. The highest BCUT2D eigenvalue weighted by atomic mass is 79.9. The molecule has 4 heteroatoms. The van der Waals surface area contributed by atoms with Gasteiger partial charge in [-0.25, -0.2) is 0 Å². The smallest absolute Gasteiger partial charge is 0.151 e. The van der Waals surface area contributed by atoms with Crippen molar-refractivity contribution in [2.45, 2.75) is 6.42 Å². The maximum absolute atomic E-state index is 11.6. The number of hydrogen-bond acceptors (Lipinski definition) is 3. The van der Waals surface area contributed by atoms with Crippen molar-refractivity contribution >= 4 is 21.7 Å². The average Bonchev–Trinajstić information content (AvgIpc) is 2.28. The normalized spacial score (nSPS) is 10.4. The molecule has 0 saturated heterocycles. The van der Waals surface area contributed by atoms with Crippen molar-refractivity contribution in [3.8, 4) is 0 Å². The summed E-state index contributed by atoms with van der Waals surface area (Å²) in [4.78, 5) is 11.6. The molecule has 0 heterocycles. The third-order valence-electron chi connectivity index (χ3n) is 2.15. The maximum Gasteiger partial charge on any atom is 0.151 e. The van der Waals surface area contributed by atoms with E-state index in [2.05, 4.69) is 21.2 Å². The molecule has 0 amide bonds. The predicted molar refractivity (Wildman–Crippen MR) is 67.6 cm³/mol. The number of methoxy groups -OCH3 is 1. The Hall–Kier alpha value is -0.710. The second-order valence-corrected chi connectivity index (χ2v) is 4.33. The molecule has 0 radical (unpaired) electrons. The zero-order valence-electron chi connectivity index (χ0n) is 9.33. The summed E-state index contributed by atoms with van der Waals surface area (Å²) in [5.74, 6) is 0.183. The Bertz CT molecular complexity index is 342. The first-order valence-electron chi connectivity index (χ1n) is 5.19. The first-order chi connectivity index (χ1) is 7.74. The van der Waals surface area contributed by atoms with Crippen LogP contribution in [0, 0.1) is 0 Å². The quantitative estimate of drug-likeness (QED) is 0.777. The maximum atomic E-state index is 11.6. The molecule has 16 heavy (non-hydrogen) atoms. The fourth-order valence-electron chi connectivity index (χ4n) is 1.32. The van der Waals surface area contributed by atoms with Crippen LogP contribution >= 0.6 is 15.9 Å². The lowest BCUT2D eigenvalue weighted by Gasteiger charge is -2.05. The summed E-state index contributed by atoms with van der Waals surface area (Å²) >= 11 is 3.43. The van der Waals surface area contributed by atoms with Crippen molar-refractivity contribution < 1.29 is 9.53 Å². The minimum Gasteiger partial charge on any atom is -0.383 e. The van der Waals surface area contributed by atoms with Gasteiger partial charge >= 0.3 is 0 Å². The zero-order valence-corrected chi connectivity index (χ0v) is 10.9. The van der Waals surface area contributed by atoms with E-state index in [1.165, 1.54) is 0 Å². The van der Waals surface area contributed by atoms with Gasteiger partial charge in [0.15, 0.2) is 5.78 Å². The molecule has 3 nitrogen and oxygen atoms in total. The third kappa shape index (κ3) is 4.88.